The van der Waals surface area contributed by atoms with Gasteiger partial charge in [-0.3, -0.25) is 0 Å². The van der Waals surface area contributed by atoms with Gasteiger partial charge in [-0.15, -0.1) is 0 Å². The first-order valence-electron chi connectivity index (χ1n) is 9.40. The Morgan fingerprint density at radius 3 is 2.60 bits per heavy atom. The number of carbonyl (C=O) groups is 2. The summed E-state index contributed by atoms with van der Waals surface area (Å²) in [6.07, 6.45) is -0.281. The van der Waals surface area contributed by atoms with Crippen LogP contribution in [-0.4, -0.2) is 18.1 Å². The molecule has 0 fully saturated rings. The van der Waals surface area contributed by atoms with Gasteiger partial charge in [-0.25, -0.2) is 9.59 Å². The van der Waals surface area contributed by atoms with E-state index < -0.39 is 12.0 Å². The van der Waals surface area contributed by atoms with E-state index in [1.54, 1.807) is 51.1 Å². The van der Waals surface area contributed by atoms with E-state index in [2.05, 4.69) is 10.6 Å². The number of benzene rings is 2. The zero-order chi connectivity index (χ0) is 21.8. The van der Waals surface area contributed by atoms with Crippen LogP contribution < -0.4 is 15.4 Å². The van der Waals surface area contributed by atoms with Crippen LogP contribution in [0.3, 0.4) is 0 Å². The van der Waals surface area contributed by atoms with Gasteiger partial charge in [-0.2, -0.15) is 0 Å². The van der Waals surface area contributed by atoms with Crippen molar-refractivity contribution in [1.29, 1.82) is 0 Å². The van der Waals surface area contributed by atoms with Crippen LogP contribution in [0.5, 0.6) is 5.75 Å². The highest BCUT2D eigenvalue weighted by molar-refractivity contribution is 6.42. The zero-order valence-electron chi connectivity index (χ0n) is 16.8. The summed E-state index contributed by atoms with van der Waals surface area (Å²) in [5.74, 6) is 0.0997. The van der Waals surface area contributed by atoms with E-state index in [0.717, 1.165) is 5.56 Å². The largest absolute Gasteiger partial charge is 0.489 e. The number of hydrogen-bond acceptors (Lipinski definition) is 4. The molecule has 1 heterocycles. The predicted octanol–water partition coefficient (Wildman–Crippen LogP) is 5.15. The van der Waals surface area contributed by atoms with E-state index >= 15 is 0 Å². The van der Waals surface area contributed by atoms with Crippen molar-refractivity contribution in [3.8, 4) is 5.75 Å². The molecule has 6 nitrogen and oxygen atoms in total. The number of halogens is 2. The molecule has 2 amide bonds. The molecule has 0 aromatic heterocycles. The summed E-state index contributed by atoms with van der Waals surface area (Å²) in [4.78, 5) is 24.7. The van der Waals surface area contributed by atoms with Gasteiger partial charge in [0.2, 0.25) is 0 Å². The van der Waals surface area contributed by atoms with Crippen molar-refractivity contribution >= 4 is 35.2 Å². The van der Waals surface area contributed by atoms with Gasteiger partial charge in [0, 0.05) is 5.70 Å². The van der Waals surface area contributed by atoms with Crippen LogP contribution >= 0.6 is 23.2 Å². The van der Waals surface area contributed by atoms with Crippen molar-refractivity contribution in [2.45, 2.75) is 39.5 Å². The van der Waals surface area contributed by atoms with Gasteiger partial charge in [0.25, 0.3) is 0 Å². The summed E-state index contributed by atoms with van der Waals surface area (Å²) >= 11 is 12.0. The smallest absolute Gasteiger partial charge is 0.338 e. The second kappa shape index (κ2) is 9.41. The molecule has 0 radical (unpaired) electrons. The van der Waals surface area contributed by atoms with Crippen molar-refractivity contribution in [2.24, 2.45) is 0 Å². The maximum Gasteiger partial charge on any atom is 0.338 e. The van der Waals surface area contributed by atoms with Gasteiger partial charge in [0.1, 0.15) is 12.4 Å². The maximum atomic E-state index is 12.6. The molecule has 0 aliphatic carbocycles. The van der Waals surface area contributed by atoms with E-state index in [-0.39, 0.29) is 18.7 Å². The first-order chi connectivity index (χ1) is 14.2. The van der Waals surface area contributed by atoms with E-state index in [9.17, 15) is 9.59 Å². The second-order valence-electron chi connectivity index (χ2n) is 7.13. The van der Waals surface area contributed by atoms with Crippen molar-refractivity contribution in [2.75, 3.05) is 0 Å². The molecule has 2 aromatic carbocycles. The Bertz CT molecular complexity index is 1000. The molecule has 158 valence electrons. The van der Waals surface area contributed by atoms with E-state index in [1.165, 1.54) is 0 Å². The fourth-order valence-electron chi connectivity index (χ4n) is 3.07. The second-order valence-corrected chi connectivity index (χ2v) is 7.95. The lowest BCUT2D eigenvalue weighted by Crippen LogP contribution is -2.45. The minimum Gasteiger partial charge on any atom is -0.489 e. The van der Waals surface area contributed by atoms with Crippen LogP contribution in [-0.2, 0) is 16.1 Å². The lowest BCUT2D eigenvalue weighted by atomic mass is 9.95. The molecule has 0 bridgehead atoms. The normalized spacial score (nSPS) is 16.2. The van der Waals surface area contributed by atoms with Gasteiger partial charge >= 0.3 is 12.0 Å². The molecule has 1 aliphatic heterocycles. The molecule has 2 aromatic rings. The molecular weight excluding hydrogens is 427 g/mol. The molecule has 1 unspecified atom stereocenters. The minimum atomic E-state index is -0.654. The van der Waals surface area contributed by atoms with Crippen LogP contribution in [0.15, 0.2) is 53.7 Å². The van der Waals surface area contributed by atoms with Crippen molar-refractivity contribution in [3.05, 3.63) is 74.9 Å². The molecule has 0 spiro atoms. The number of nitrogens with one attached hydrogen (secondary N) is 2. The fraction of sp³-hybridized carbons (Fsp3) is 0.273. The Labute approximate surface area is 185 Å². The number of rotatable bonds is 6. The number of allylic oxidation sites excluding steroid dienone is 1. The van der Waals surface area contributed by atoms with Gasteiger partial charge in [-0.1, -0.05) is 41.4 Å². The Morgan fingerprint density at radius 1 is 1.13 bits per heavy atom. The lowest BCUT2D eigenvalue weighted by molar-refractivity contribution is -0.143. The quantitative estimate of drug-likeness (QED) is 0.598. The highest BCUT2D eigenvalue weighted by Crippen LogP contribution is 2.30. The number of amides is 2. The standard InChI is InChI=1S/C22H22Cl2N2O4/c1-12(2)30-21(27)19-13(3)25-22(28)26-20(19)15-5-4-6-16(10-15)29-11-14-7-8-17(23)18(24)9-14/h4-10,12,20H,11H2,1-3H3,(H2,25,26,28). The topological polar surface area (TPSA) is 76.7 Å². The van der Waals surface area contributed by atoms with Crippen LogP contribution in [0.2, 0.25) is 10.0 Å². The summed E-state index contributed by atoms with van der Waals surface area (Å²) < 4.78 is 11.2. The SMILES string of the molecule is CC1=C(C(=O)OC(C)C)C(c2cccc(OCc3ccc(Cl)c(Cl)c3)c2)NC(=O)N1. The zero-order valence-corrected chi connectivity index (χ0v) is 18.3. The predicted molar refractivity (Wildman–Crippen MR) is 116 cm³/mol. The monoisotopic (exact) mass is 448 g/mol. The molecule has 1 atom stereocenters. The van der Waals surface area contributed by atoms with Crippen molar-refractivity contribution in [1.82, 2.24) is 10.6 Å². The number of esters is 1. The molecule has 0 saturated carbocycles. The molecule has 0 saturated heterocycles. The first-order valence-corrected chi connectivity index (χ1v) is 10.2. The third-order valence-electron chi connectivity index (χ3n) is 4.41. The number of ether oxygens (including phenoxy) is 2. The lowest BCUT2D eigenvalue weighted by Gasteiger charge is -2.28. The van der Waals surface area contributed by atoms with Crippen LogP contribution in [0.4, 0.5) is 4.79 Å². The molecule has 3 rings (SSSR count). The number of urea groups is 1. The Balaban J connectivity index is 1.83. The summed E-state index contributed by atoms with van der Waals surface area (Å²) in [6.45, 7) is 5.51. The fourth-order valence-corrected chi connectivity index (χ4v) is 3.39. The van der Waals surface area contributed by atoms with Crippen LogP contribution in [0.25, 0.3) is 0 Å². The molecule has 8 heteroatoms. The Hall–Kier alpha value is -2.70. The molecule has 1 aliphatic rings. The molecule has 30 heavy (non-hydrogen) atoms. The van der Waals surface area contributed by atoms with Crippen LogP contribution in [0, 0.1) is 0 Å². The van der Waals surface area contributed by atoms with Gasteiger partial charge < -0.3 is 20.1 Å². The van der Waals surface area contributed by atoms with Crippen molar-refractivity contribution < 1.29 is 19.1 Å². The van der Waals surface area contributed by atoms with Gasteiger partial charge in [0.05, 0.1) is 27.8 Å². The summed E-state index contributed by atoms with van der Waals surface area (Å²) in [5, 5.41) is 6.35. The van der Waals surface area contributed by atoms with E-state index in [0.29, 0.717) is 32.6 Å². The van der Waals surface area contributed by atoms with Crippen molar-refractivity contribution in [3.63, 3.8) is 0 Å². The highest BCUT2D eigenvalue weighted by Gasteiger charge is 2.32. The third kappa shape index (κ3) is 5.26. The van der Waals surface area contributed by atoms with E-state index in [4.69, 9.17) is 32.7 Å². The number of hydrogen-bond donors (Lipinski definition) is 2. The van der Waals surface area contributed by atoms with Gasteiger partial charge in [-0.05, 0) is 56.2 Å². The highest BCUT2D eigenvalue weighted by atomic mass is 35.5. The average molecular weight is 449 g/mol. The summed E-state index contributed by atoms with van der Waals surface area (Å²) in [7, 11) is 0. The van der Waals surface area contributed by atoms with Crippen LogP contribution in [0.1, 0.15) is 37.9 Å². The minimum absolute atomic E-state index is 0.281. The van der Waals surface area contributed by atoms with E-state index in [1.807, 2.05) is 12.1 Å². The Morgan fingerprint density at radius 2 is 1.90 bits per heavy atom. The first kappa shape index (κ1) is 22.0. The number of carbonyl (C=O) groups excluding carboxylic acids is 2. The Kier molecular flexibility index (Phi) is 6.90. The third-order valence-corrected chi connectivity index (χ3v) is 5.15. The average Bonchev–Trinajstić information content (AvgIpc) is 2.68. The van der Waals surface area contributed by atoms with Gasteiger partial charge in [0.15, 0.2) is 0 Å². The molecule has 2 N–H and O–H groups in total. The summed E-state index contributed by atoms with van der Waals surface area (Å²) in [6, 6.07) is 11.4. The summed E-state index contributed by atoms with van der Waals surface area (Å²) in [5.41, 5.74) is 2.37. The molecular formula is C22H22Cl2N2O4. The maximum absolute atomic E-state index is 12.6.